The molecule has 0 saturated carbocycles. The predicted molar refractivity (Wildman–Crippen MR) is 86.3 cm³/mol. The SMILES string of the molecule is Cc1ccc2oc3c(=O)[nH]c(CN4CCC(F)(F)CC4)nc3c2c1. The molecule has 1 N–H and O–H groups in total. The number of fused-ring (bicyclic) bond motifs is 3. The molecule has 0 unspecified atom stereocenters. The summed E-state index contributed by atoms with van der Waals surface area (Å²) in [6.45, 7) is 2.89. The number of rotatable bonds is 2. The summed E-state index contributed by atoms with van der Waals surface area (Å²) < 4.78 is 32.1. The van der Waals surface area contributed by atoms with Crippen molar-refractivity contribution >= 4 is 22.1 Å². The van der Waals surface area contributed by atoms with E-state index in [1.54, 1.807) is 0 Å². The highest BCUT2D eigenvalue weighted by molar-refractivity contribution is 6.02. The number of halogens is 2. The third-order valence-corrected chi connectivity index (χ3v) is 4.49. The molecule has 0 bridgehead atoms. The number of aromatic amines is 1. The Morgan fingerprint density at radius 1 is 1.33 bits per heavy atom. The molecule has 5 nitrogen and oxygen atoms in total. The molecule has 1 aliphatic heterocycles. The van der Waals surface area contributed by atoms with E-state index >= 15 is 0 Å². The van der Waals surface area contributed by atoms with E-state index in [-0.39, 0.29) is 24.0 Å². The number of likely N-dealkylation sites (tertiary alicyclic amines) is 1. The minimum atomic E-state index is -2.58. The van der Waals surface area contributed by atoms with Crippen LogP contribution in [0.25, 0.3) is 22.1 Å². The number of furan rings is 1. The van der Waals surface area contributed by atoms with Gasteiger partial charge in [-0.3, -0.25) is 9.69 Å². The van der Waals surface area contributed by atoms with E-state index < -0.39 is 5.92 Å². The summed E-state index contributed by atoms with van der Waals surface area (Å²) in [6, 6.07) is 5.66. The average molecular weight is 333 g/mol. The third kappa shape index (κ3) is 2.69. The van der Waals surface area contributed by atoms with Gasteiger partial charge in [-0.25, -0.2) is 13.8 Å². The Morgan fingerprint density at radius 3 is 2.83 bits per heavy atom. The number of nitrogens with zero attached hydrogens (tertiary/aromatic N) is 2. The van der Waals surface area contributed by atoms with Gasteiger partial charge in [0.05, 0.1) is 6.54 Å². The Bertz CT molecular complexity index is 967. The van der Waals surface area contributed by atoms with Crippen molar-refractivity contribution in [1.82, 2.24) is 14.9 Å². The smallest absolute Gasteiger partial charge is 0.294 e. The number of alkyl halides is 2. The van der Waals surface area contributed by atoms with Crippen molar-refractivity contribution in [2.45, 2.75) is 32.2 Å². The zero-order valence-electron chi connectivity index (χ0n) is 13.2. The molecule has 0 amide bonds. The second-order valence-corrected chi connectivity index (χ2v) is 6.42. The van der Waals surface area contributed by atoms with Crippen molar-refractivity contribution in [3.63, 3.8) is 0 Å². The van der Waals surface area contributed by atoms with Crippen LogP contribution in [-0.4, -0.2) is 33.9 Å². The van der Waals surface area contributed by atoms with E-state index in [0.29, 0.717) is 36.6 Å². The first-order valence-electron chi connectivity index (χ1n) is 7.93. The van der Waals surface area contributed by atoms with Crippen LogP contribution in [0.4, 0.5) is 8.78 Å². The van der Waals surface area contributed by atoms with Gasteiger partial charge in [0.1, 0.15) is 16.9 Å². The number of aromatic nitrogens is 2. The predicted octanol–water partition coefficient (Wildman–Crippen LogP) is 3.21. The van der Waals surface area contributed by atoms with Crippen LogP contribution >= 0.6 is 0 Å². The maximum atomic E-state index is 13.2. The Kier molecular flexibility index (Phi) is 3.42. The van der Waals surface area contributed by atoms with Crippen LogP contribution in [0.15, 0.2) is 27.4 Å². The maximum Gasteiger partial charge on any atom is 0.294 e. The summed E-state index contributed by atoms with van der Waals surface area (Å²) in [4.78, 5) is 21.4. The molecule has 1 aliphatic rings. The normalized spacial score (nSPS) is 18.5. The van der Waals surface area contributed by atoms with Gasteiger partial charge in [-0.05, 0) is 19.1 Å². The largest absolute Gasteiger partial charge is 0.449 e. The van der Waals surface area contributed by atoms with Gasteiger partial charge >= 0.3 is 0 Å². The number of hydrogen-bond donors (Lipinski definition) is 1. The highest BCUT2D eigenvalue weighted by Crippen LogP contribution is 2.29. The molecule has 126 valence electrons. The van der Waals surface area contributed by atoms with E-state index in [0.717, 1.165) is 10.9 Å². The molecule has 3 heterocycles. The van der Waals surface area contributed by atoms with Gasteiger partial charge in [0, 0.05) is 31.3 Å². The highest BCUT2D eigenvalue weighted by Gasteiger charge is 2.34. The van der Waals surface area contributed by atoms with Crippen molar-refractivity contribution < 1.29 is 13.2 Å². The molecular weight excluding hydrogens is 316 g/mol. The Labute approximate surface area is 136 Å². The standard InChI is InChI=1S/C17H17F2N3O2/c1-10-2-3-12-11(8-10)14-15(24-12)16(23)21-13(20-14)9-22-6-4-17(18,19)5-7-22/h2-3,8H,4-7,9H2,1H3,(H,20,21,23). The molecule has 2 aromatic heterocycles. The van der Waals surface area contributed by atoms with Crippen molar-refractivity contribution in [2.24, 2.45) is 0 Å². The van der Waals surface area contributed by atoms with Gasteiger partial charge < -0.3 is 9.40 Å². The number of benzene rings is 1. The molecule has 1 fully saturated rings. The molecule has 0 radical (unpaired) electrons. The van der Waals surface area contributed by atoms with Crippen molar-refractivity contribution in [1.29, 1.82) is 0 Å². The van der Waals surface area contributed by atoms with Crippen LogP contribution in [0.3, 0.4) is 0 Å². The highest BCUT2D eigenvalue weighted by atomic mass is 19.3. The fourth-order valence-electron chi connectivity index (χ4n) is 3.14. The summed E-state index contributed by atoms with van der Waals surface area (Å²) in [6.07, 6.45) is -0.319. The number of nitrogens with one attached hydrogen (secondary N) is 1. The van der Waals surface area contributed by atoms with Crippen LogP contribution in [0.1, 0.15) is 24.2 Å². The van der Waals surface area contributed by atoms with Crippen molar-refractivity contribution in [2.75, 3.05) is 13.1 Å². The van der Waals surface area contributed by atoms with Gasteiger partial charge in [-0.1, -0.05) is 11.6 Å². The second kappa shape index (κ2) is 5.37. The fraction of sp³-hybridized carbons (Fsp3) is 0.412. The lowest BCUT2D eigenvalue weighted by atomic mass is 10.1. The average Bonchev–Trinajstić information content (AvgIpc) is 2.88. The minimum Gasteiger partial charge on any atom is -0.449 e. The molecule has 4 rings (SSSR count). The zero-order valence-corrected chi connectivity index (χ0v) is 13.2. The van der Waals surface area contributed by atoms with Crippen LogP contribution in [0, 0.1) is 6.92 Å². The lowest BCUT2D eigenvalue weighted by Gasteiger charge is -2.31. The molecular formula is C17H17F2N3O2. The Balaban J connectivity index is 1.70. The molecule has 0 spiro atoms. The quantitative estimate of drug-likeness (QED) is 0.782. The van der Waals surface area contributed by atoms with Crippen LogP contribution < -0.4 is 5.56 Å². The molecule has 24 heavy (non-hydrogen) atoms. The molecule has 3 aromatic rings. The summed E-state index contributed by atoms with van der Waals surface area (Å²) in [5.74, 6) is -2.11. The monoisotopic (exact) mass is 333 g/mol. The third-order valence-electron chi connectivity index (χ3n) is 4.49. The number of hydrogen-bond acceptors (Lipinski definition) is 4. The molecule has 1 aromatic carbocycles. The van der Waals surface area contributed by atoms with Gasteiger partial charge in [0.15, 0.2) is 0 Å². The second-order valence-electron chi connectivity index (χ2n) is 6.42. The molecule has 0 atom stereocenters. The summed E-state index contributed by atoms with van der Waals surface area (Å²) in [7, 11) is 0. The van der Waals surface area contributed by atoms with Crippen molar-refractivity contribution in [3.8, 4) is 0 Å². The first kappa shape index (κ1) is 15.3. The van der Waals surface area contributed by atoms with Crippen LogP contribution in [0.2, 0.25) is 0 Å². The van der Waals surface area contributed by atoms with E-state index in [4.69, 9.17) is 4.42 Å². The van der Waals surface area contributed by atoms with Crippen LogP contribution in [-0.2, 0) is 6.54 Å². The van der Waals surface area contributed by atoms with Gasteiger partial charge in [0.25, 0.3) is 11.5 Å². The van der Waals surface area contributed by atoms with Crippen molar-refractivity contribution in [3.05, 3.63) is 39.9 Å². The lowest BCUT2D eigenvalue weighted by molar-refractivity contribution is -0.0570. The summed E-state index contributed by atoms with van der Waals surface area (Å²) in [5, 5.41) is 0.794. The van der Waals surface area contributed by atoms with E-state index in [2.05, 4.69) is 9.97 Å². The number of aryl methyl sites for hydroxylation is 1. The van der Waals surface area contributed by atoms with Crippen LogP contribution in [0.5, 0.6) is 0 Å². The summed E-state index contributed by atoms with van der Waals surface area (Å²) in [5.41, 5.74) is 2.04. The molecule has 1 saturated heterocycles. The topological polar surface area (TPSA) is 62.1 Å². The van der Waals surface area contributed by atoms with E-state index in [1.165, 1.54) is 0 Å². The first-order valence-corrected chi connectivity index (χ1v) is 7.93. The lowest BCUT2D eigenvalue weighted by Crippen LogP contribution is -2.39. The Hall–Kier alpha value is -2.28. The molecule has 7 heteroatoms. The fourth-order valence-corrected chi connectivity index (χ4v) is 3.14. The first-order chi connectivity index (χ1) is 11.4. The minimum absolute atomic E-state index is 0.159. The van der Waals surface area contributed by atoms with E-state index in [9.17, 15) is 13.6 Å². The Morgan fingerprint density at radius 2 is 2.08 bits per heavy atom. The molecule has 0 aliphatic carbocycles. The van der Waals surface area contributed by atoms with Gasteiger partial charge in [-0.2, -0.15) is 0 Å². The van der Waals surface area contributed by atoms with Gasteiger partial charge in [0.2, 0.25) is 5.58 Å². The number of H-pyrrole nitrogens is 1. The zero-order chi connectivity index (χ0) is 16.9. The number of piperidine rings is 1. The summed E-state index contributed by atoms with van der Waals surface area (Å²) >= 11 is 0. The maximum absolute atomic E-state index is 13.2. The van der Waals surface area contributed by atoms with E-state index in [1.807, 2.05) is 30.0 Å². The van der Waals surface area contributed by atoms with Gasteiger partial charge in [-0.15, -0.1) is 0 Å².